The Kier molecular flexibility index (Phi) is 5.47. The van der Waals surface area contributed by atoms with Crippen molar-refractivity contribution < 1.29 is 0 Å². The van der Waals surface area contributed by atoms with Crippen LogP contribution in [0.1, 0.15) is 46.1 Å². The number of para-hydroxylation sites is 1. The maximum atomic E-state index is 3.71. The first-order chi connectivity index (χ1) is 9.61. The molecule has 0 saturated carbocycles. The van der Waals surface area contributed by atoms with Gasteiger partial charge in [0.15, 0.2) is 0 Å². The Balaban J connectivity index is 2.16. The quantitative estimate of drug-likeness (QED) is 0.877. The van der Waals surface area contributed by atoms with Crippen LogP contribution in [0.3, 0.4) is 0 Å². The summed E-state index contributed by atoms with van der Waals surface area (Å²) in [5.74, 6) is 0.758. The predicted molar refractivity (Wildman–Crippen MR) is 88.5 cm³/mol. The van der Waals surface area contributed by atoms with E-state index in [0.29, 0.717) is 12.1 Å². The van der Waals surface area contributed by atoms with Gasteiger partial charge < -0.3 is 10.2 Å². The van der Waals surface area contributed by atoms with E-state index in [9.17, 15) is 0 Å². The van der Waals surface area contributed by atoms with Crippen molar-refractivity contribution in [2.75, 3.05) is 18.0 Å². The van der Waals surface area contributed by atoms with Gasteiger partial charge in [-0.05, 0) is 37.3 Å². The molecule has 0 spiro atoms. The monoisotopic (exact) mass is 274 g/mol. The number of nitrogens with zero attached hydrogens (tertiary/aromatic N) is 1. The van der Waals surface area contributed by atoms with E-state index in [1.807, 2.05) is 0 Å². The normalized spacial score (nSPS) is 23.4. The molecule has 2 heteroatoms. The van der Waals surface area contributed by atoms with Crippen molar-refractivity contribution in [3.63, 3.8) is 0 Å². The molecule has 0 aliphatic carbocycles. The van der Waals surface area contributed by atoms with Crippen molar-refractivity contribution in [1.29, 1.82) is 0 Å². The van der Waals surface area contributed by atoms with E-state index in [1.165, 1.54) is 30.5 Å². The molecule has 2 rings (SSSR count). The third-order valence-electron chi connectivity index (χ3n) is 4.23. The fourth-order valence-electron chi connectivity index (χ4n) is 3.26. The van der Waals surface area contributed by atoms with Crippen LogP contribution in [0.2, 0.25) is 0 Å². The molecule has 0 bridgehead atoms. The second-order valence-electron chi connectivity index (χ2n) is 6.61. The van der Waals surface area contributed by atoms with Crippen molar-refractivity contribution in [3.8, 4) is 0 Å². The van der Waals surface area contributed by atoms with Gasteiger partial charge in [-0.15, -0.1) is 0 Å². The Hall–Kier alpha value is -1.02. The summed E-state index contributed by atoms with van der Waals surface area (Å²) in [6.07, 6.45) is 3.66. The van der Waals surface area contributed by atoms with Crippen molar-refractivity contribution in [1.82, 2.24) is 5.32 Å². The van der Waals surface area contributed by atoms with E-state index in [2.05, 4.69) is 62.2 Å². The van der Waals surface area contributed by atoms with Gasteiger partial charge in [0, 0.05) is 30.9 Å². The highest BCUT2D eigenvalue weighted by molar-refractivity contribution is 5.55. The van der Waals surface area contributed by atoms with E-state index in [0.717, 1.165) is 19.0 Å². The van der Waals surface area contributed by atoms with Crippen molar-refractivity contribution in [2.45, 2.75) is 59.0 Å². The van der Waals surface area contributed by atoms with Crippen LogP contribution < -0.4 is 10.2 Å². The van der Waals surface area contributed by atoms with Crippen LogP contribution in [0.25, 0.3) is 0 Å². The predicted octanol–water partition coefficient (Wildman–Crippen LogP) is 3.85. The first-order valence-electron chi connectivity index (χ1n) is 8.19. The van der Waals surface area contributed by atoms with Gasteiger partial charge >= 0.3 is 0 Å². The van der Waals surface area contributed by atoms with Crippen LogP contribution in [-0.4, -0.2) is 25.2 Å². The average molecular weight is 274 g/mol. The number of rotatable bonds is 5. The maximum absolute atomic E-state index is 3.71. The Morgan fingerprint density at radius 2 is 2.05 bits per heavy atom. The molecule has 1 fully saturated rings. The van der Waals surface area contributed by atoms with Crippen LogP contribution in [0, 0.1) is 5.92 Å². The molecular weight excluding hydrogens is 244 g/mol. The molecule has 1 aliphatic heterocycles. The van der Waals surface area contributed by atoms with Gasteiger partial charge in [0.1, 0.15) is 0 Å². The summed E-state index contributed by atoms with van der Waals surface area (Å²) < 4.78 is 0. The highest BCUT2D eigenvalue weighted by Gasteiger charge is 2.26. The van der Waals surface area contributed by atoms with Gasteiger partial charge in [-0.2, -0.15) is 0 Å². The van der Waals surface area contributed by atoms with Crippen molar-refractivity contribution in [3.05, 3.63) is 29.8 Å². The fraction of sp³-hybridized carbons (Fsp3) is 0.667. The number of anilines is 1. The van der Waals surface area contributed by atoms with Gasteiger partial charge in [0.25, 0.3) is 0 Å². The molecule has 2 nitrogen and oxygen atoms in total. The summed E-state index contributed by atoms with van der Waals surface area (Å²) in [5, 5.41) is 3.71. The summed E-state index contributed by atoms with van der Waals surface area (Å²) in [6.45, 7) is 11.5. The third kappa shape index (κ3) is 3.76. The van der Waals surface area contributed by atoms with Crippen LogP contribution in [0.5, 0.6) is 0 Å². The zero-order chi connectivity index (χ0) is 14.5. The second kappa shape index (κ2) is 7.12. The molecule has 1 aromatic carbocycles. The molecule has 0 aromatic heterocycles. The lowest BCUT2D eigenvalue weighted by Gasteiger charge is -2.42. The summed E-state index contributed by atoms with van der Waals surface area (Å²) in [4.78, 5) is 2.62. The minimum Gasteiger partial charge on any atom is -0.366 e. The zero-order valence-electron chi connectivity index (χ0n) is 13.5. The molecular formula is C18H30N2. The highest BCUT2D eigenvalue weighted by Crippen LogP contribution is 2.26. The Labute approximate surface area is 124 Å². The number of piperazine rings is 1. The lowest BCUT2D eigenvalue weighted by Crippen LogP contribution is -2.56. The maximum Gasteiger partial charge on any atom is 0.0402 e. The Morgan fingerprint density at radius 3 is 2.75 bits per heavy atom. The molecule has 1 saturated heterocycles. The fourth-order valence-corrected chi connectivity index (χ4v) is 3.26. The molecule has 2 unspecified atom stereocenters. The molecule has 1 N–H and O–H groups in total. The molecule has 112 valence electrons. The Bertz CT molecular complexity index is 414. The highest BCUT2D eigenvalue weighted by atomic mass is 15.2. The molecule has 1 aromatic rings. The van der Waals surface area contributed by atoms with E-state index in [-0.39, 0.29) is 0 Å². The van der Waals surface area contributed by atoms with Gasteiger partial charge in [0.05, 0.1) is 0 Å². The van der Waals surface area contributed by atoms with Gasteiger partial charge in [-0.3, -0.25) is 0 Å². The van der Waals surface area contributed by atoms with Gasteiger partial charge in [-0.25, -0.2) is 0 Å². The summed E-state index contributed by atoms with van der Waals surface area (Å²) in [6, 6.07) is 10.2. The molecule has 1 aliphatic rings. The van der Waals surface area contributed by atoms with Crippen LogP contribution >= 0.6 is 0 Å². The standard InChI is InChI=1S/C18H30N2/c1-5-8-16-9-6-7-10-18(16)20-13-17(11-14(2)3)19-12-15(20)4/h6-7,9-10,14-15,17,19H,5,8,11-13H2,1-4H3. The molecule has 0 radical (unpaired) electrons. The second-order valence-corrected chi connectivity index (χ2v) is 6.61. The molecule has 0 amide bonds. The minimum atomic E-state index is 0.580. The topological polar surface area (TPSA) is 15.3 Å². The first kappa shape index (κ1) is 15.4. The van der Waals surface area contributed by atoms with E-state index in [4.69, 9.17) is 0 Å². The van der Waals surface area contributed by atoms with E-state index >= 15 is 0 Å². The summed E-state index contributed by atoms with van der Waals surface area (Å²) >= 11 is 0. The van der Waals surface area contributed by atoms with E-state index in [1.54, 1.807) is 0 Å². The van der Waals surface area contributed by atoms with Crippen LogP contribution in [0.15, 0.2) is 24.3 Å². The number of hydrogen-bond donors (Lipinski definition) is 1. The van der Waals surface area contributed by atoms with Crippen LogP contribution in [0.4, 0.5) is 5.69 Å². The minimum absolute atomic E-state index is 0.580. The molecule has 20 heavy (non-hydrogen) atoms. The number of benzene rings is 1. The lowest BCUT2D eigenvalue weighted by atomic mass is 9.98. The van der Waals surface area contributed by atoms with E-state index < -0.39 is 0 Å². The van der Waals surface area contributed by atoms with Gasteiger partial charge in [0.2, 0.25) is 0 Å². The number of aryl methyl sites for hydroxylation is 1. The number of hydrogen-bond acceptors (Lipinski definition) is 2. The lowest BCUT2D eigenvalue weighted by molar-refractivity contribution is 0.355. The first-order valence-corrected chi connectivity index (χ1v) is 8.19. The Morgan fingerprint density at radius 1 is 1.30 bits per heavy atom. The zero-order valence-corrected chi connectivity index (χ0v) is 13.5. The number of nitrogens with one attached hydrogen (secondary N) is 1. The smallest absolute Gasteiger partial charge is 0.0402 e. The molecule has 2 atom stereocenters. The SMILES string of the molecule is CCCc1ccccc1N1CC(CC(C)C)NCC1C. The van der Waals surface area contributed by atoms with Crippen LogP contribution in [-0.2, 0) is 6.42 Å². The molecule has 1 heterocycles. The summed E-state index contributed by atoms with van der Waals surface area (Å²) in [7, 11) is 0. The van der Waals surface area contributed by atoms with Crippen molar-refractivity contribution in [2.24, 2.45) is 5.92 Å². The van der Waals surface area contributed by atoms with Crippen molar-refractivity contribution >= 4 is 5.69 Å². The van der Waals surface area contributed by atoms with Gasteiger partial charge in [-0.1, -0.05) is 45.4 Å². The summed E-state index contributed by atoms with van der Waals surface area (Å²) in [5.41, 5.74) is 2.96. The average Bonchev–Trinajstić information content (AvgIpc) is 2.42. The largest absolute Gasteiger partial charge is 0.366 e. The third-order valence-corrected chi connectivity index (χ3v) is 4.23.